The summed E-state index contributed by atoms with van der Waals surface area (Å²) < 4.78 is 7.34. The van der Waals surface area contributed by atoms with Crippen LogP contribution in [-0.2, 0) is 9.53 Å². The summed E-state index contributed by atoms with van der Waals surface area (Å²) in [4.78, 5) is 29.2. The zero-order valence-corrected chi connectivity index (χ0v) is 17.4. The van der Waals surface area contributed by atoms with Crippen molar-refractivity contribution in [3.05, 3.63) is 72.2 Å². The molecule has 0 bridgehead atoms. The molecule has 3 atom stereocenters. The van der Waals surface area contributed by atoms with Crippen molar-refractivity contribution in [3.8, 4) is 0 Å². The number of aromatic nitrogens is 3. The predicted molar refractivity (Wildman–Crippen MR) is 118 cm³/mol. The van der Waals surface area contributed by atoms with Gasteiger partial charge in [0.15, 0.2) is 11.5 Å². The van der Waals surface area contributed by atoms with Gasteiger partial charge in [-0.1, -0.05) is 25.1 Å². The monoisotopic (exact) mass is 430 g/mol. The second kappa shape index (κ2) is 8.26. The highest BCUT2D eigenvalue weighted by molar-refractivity contribution is 6.02. The van der Waals surface area contributed by atoms with Gasteiger partial charge in [-0.05, 0) is 49.1 Å². The molecular formula is C23H22N6O3. The van der Waals surface area contributed by atoms with Gasteiger partial charge in [-0.25, -0.2) is 14.3 Å². The number of carbonyl (C=O) groups is 2. The Morgan fingerprint density at radius 1 is 1.22 bits per heavy atom. The summed E-state index contributed by atoms with van der Waals surface area (Å²) in [5.74, 6) is -0.218. The molecule has 1 amide bonds. The van der Waals surface area contributed by atoms with Gasteiger partial charge in [-0.3, -0.25) is 10.2 Å². The first kappa shape index (κ1) is 19.9. The maximum absolute atomic E-state index is 12.5. The molecule has 5 rings (SSSR count). The van der Waals surface area contributed by atoms with Crippen LogP contribution in [0.3, 0.4) is 0 Å². The number of hydrazone groups is 1. The van der Waals surface area contributed by atoms with E-state index in [1.807, 2.05) is 12.1 Å². The smallest absolute Gasteiger partial charge is 0.354 e. The van der Waals surface area contributed by atoms with Crippen LogP contribution in [0.1, 0.15) is 30.1 Å². The molecule has 1 fully saturated rings. The Hall–Kier alpha value is -4.01. The van der Waals surface area contributed by atoms with E-state index in [1.54, 1.807) is 53.3 Å². The minimum atomic E-state index is -0.524. The van der Waals surface area contributed by atoms with Crippen LogP contribution in [0.4, 0.5) is 5.82 Å². The van der Waals surface area contributed by atoms with Crippen molar-refractivity contribution in [2.75, 3.05) is 5.43 Å². The topological polar surface area (TPSA) is 110 Å². The number of hydrogen-bond donors (Lipinski definition) is 2. The van der Waals surface area contributed by atoms with Crippen molar-refractivity contribution < 1.29 is 14.3 Å². The Balaban J connectivity index is 1.39. The number of amides is 1. The van der Waals surface area contributed by atoms with Gasteiger partial charge >= 0.3 is 5.97 Å². The quantitative estimate of drug-likeness (QED) is 0.487. The number of nitrogens with one attached hydrogen (secondary N) is 2. The zero-order valence-electron chi connectivity index (χ0n) is 17.4. The SMILES string of the molecule is CC1C/C(=N\Nc2ccc3nccn3n2)C2C=C(NC(=O)c3ccccc3)C(=O)OC2C1. The number of anilines is 1. The lowest BCUT2D eigenvalue weighted by Gasteiger charge is -2.37. The van der Waals surface area contributed by atoms with Crippen molar-refractivity contribution in [1.82, 2.24) is 19.9 Å². The molecular weight excluding hydrogens is 408 g/mol. The summed E-state index contributed by atoms with van der Waals surface area (Å²) >= 11 is 0. The van der Waals surface area contributed by atoms with Gasteiger partial charge in [0, 0.05) is 23.7 Å². The lowest BCUT2D eigenvalue weighted by atomic mass is 9.77. The molecule has 3 unspecified atom stereocenters. The van der Waals surface area contributed by atoms with E-state index in [1.165, 1.54) is 0 Å². The lowest BCUT2D eigenvalue weighted by Crippen LogP contribution is -2.44. The first-order valence-electron chi connectivity index (χ1n) is 10.5. The molecule has 2 N–H and O–H groups in total. The van der Waals surface area contributed by atoms with E-state index < -0.39 is 5.97 Å². The summed E-state index contributed by atoms with van der Waals surface area (Å²) in [6.07, 6.45) is 6.37. The number of nitrogens with zero attached hydrogens (tertiary/aromatic N) is 4. The summed E-state index contributed by atoms with van der Waals surface area (Å²) in [6.45, 7) is 2.10. The maximum Gasteiger partial charge on any atom is 0.354 e. The van der Waals surface area contributed by atoms with Crippen molar-refractivity contribution in [2.45, 2.75) is 25.9 Å². The number of hydrogen-bond acceptors (Lipinski definition) is 7. The molecule has 9 nitrogen and oxygen atoms in total. The molecule has 1 aromatic carbocycles. The highest BCUT2D eigenvalue weighted by atomic mass is 16.5. The zero-order chi connectivity index (χ0) is 22.1. The molecule has 32 heavy (non-hydrogen) atoms. The standard InChI is InChI=1S/C23H22N6O3/c1-14-11-17(26-27-20-7-8-21-24-9-10-29(21)28-20)16-13-18(23(31)32-19(16)12-14)25-22(30)15-5-3-2-4-6-15/h2-10,13-14,16,19H,11-12H2,1H3,(H,25,30)(H,27,28)/b26-17+. The van der Waals surface area contributed by atoms with Crippen LogP contribution in [-0.4, -0.2) is 38.3 Å². The molecule has 3 aromatic rings. The van der Waals surface area contributed by atoms with Crippen molar-refractivity contribution in [2.24, 2.45) is 16.9 Å². The molecule has 0 saturated heterocycles. The maximum atomic E-state index is 12.5. The summed E-state index contributed by atoms with van der Waals surface area (Å²) in [6, 6.07) is 12.4. The van der Waals surface area contributed by atoms with E-state index in [9.17, 15) is 9.59 Å². The second-order valence-corrected chi connectivity index (χ2v) is 8.08. The number of rotatable bonds is 4. The molecule has 2 aliphatic rings. The van der Waals surface area contributed by atoms with Gasteiger partial charge in [0.1, 0.15) is 11.8 Å². The fourth-order valence-electron chi connectivity index (χ4n) is 4.11. The van der Waals surface area contributed by atoms with E-state index in [0.29, 0.717) is 17.3 Å². The molecule has 1 aliphatic heterocycles. The molecule has 1 saturated carbocycles. The van der Waals surface area contributed by atoms with E-state index in [4.69, 9.17) is 4.74 Å². The number of fused-ring (bicyclic) bond motifs is 2. The van der Waals surface area contributed by atoms with Gasteiger partial charge in [-0.15, -0.1) is 5.10 Å². The number of esters is 1. The van der Waals surface area contributed by atoms with Crippen molar-refractivity contribution in [3.63, 3.8) is 0 Å². The second-order valence-electron chi connectivity index (χ2n) is 8.08. The predicted octanol–water partition coefficient (Wildman–Crippen LogP) is 2.78. The van der Waals surface area contributed by atoms with Gasteiger partial charge in [0.05, 0.1) is 5.92 Å². The summed E-state index contributed by atoms with van der Waals surface area (Å²) in [5.41, 5.74) is 5.22. The molecule has 0 spiro atoms. The van der Waals surface area contributed by atoms with E-state index in [2.05, 4.69) is 32.9 Å². The largest absolute Gasteiger partial charge is 0.457 e. The minimum Gasteiger partial charge on any atom is -0.457 e. The van der Waals surface area contributed by atoms with Crippen LogP contribution in [0, 0.1) is 11.8 Å². The Morgan fingerprint density at radius 2 is 2.06 bits per heavy atom. The lowest BCUT2D eigenvalue weighted by molar-refractivity contribution is -0.148. The highest BCUT2D eigenvalue weighted by Gasteiger charge is 2.40. The normalized spacial score (nSPS) is 23.9. The number of benzene rings is 1. The molecule has 162 valence electrons. The fraction of sp³-hybridized carbons (Fsp3) is 0.261. The van der Waals surface area contributed by atoms with Gasteiger partial charge < -0.3 is 10.1 Å². The van der Waals surface area contributed by atoms with E-state index in [-0.39, 0.29) is 23.6 Å². The van der Waals surface area contributed by atoms with Crippen molar-refractivity contribution in [1.29, 1.82) is 0 Å². The van der Waals surface area contributed by atoms with Gasteiger partial charge in [-0.2, -0.15) is 5.10 Å². The average Bonchev–Trinajstić information content (AvgIpc) is 3.26. The van der Waals surface area contributed by atoms with Crippen LogP contribution < -0.4 is 10.7 Å². The number of ether oxygens (including phenoxy) is 1. The Bertz CT molecular complexity index is 1230. The highest BCUT2D eigenvalue weighted by Crippen LogP contribution is 2.34. The summed E-state index contributed by atoms with van der Waals surface area (Å²) in [7, 11) is 0. The van der Waals surface area contributed by atoms with Gasteiger partial charge in [0.25, 0.3) is 5.91 Å². The summed E-state index contributed by atoms with van der Waals surface area (Å²) in [5, 5.41) is 11.7. The molecule has 2 aromatic heterocycles. The first-order valence-corrected chi connectivity index (χ1v) is 10.5. The Morgan fingerprint density at radius 3 is 2.91 bits per heavy atom. The molecule has 1 aliphatic carbocycles. The molecule has 3 heterocycles. The Kier molecular flexibility index (Phi) is 5.14. The van der Waals surface area contributed by atoms with E-state index >= 15 is 0 Å². The third kappa shape index (κ3) is 3.96. The van der Waals surface area contributed by atoms with Gasteiger partial charge in [0.2, 0.25) is 0 Å². The van der Waals surface area contributed by atoms with Crippen molar-refractivity contribution >= 4 is 29.1 Å². The molecule has 9 heteroatoms. The first-order chi connectivity index (χ1) is 15.6. The molecule has 0 radical (unpaired) electrons. The third-order valence-electron chi connectivity index (χ3n) is 5.66. The Labute approximate surface area is 184 Å². The third-order valence-corrected chi connectivity index (χ3v) is 5.66. The van der Waals surface area contributed by atoms with Crippen LogP contribution in [0.2, 0.25) is 0 Å². The van der Waals surface area contributed by atoms with E-state index in [0.717, 1.165) is 24.2 Å². The number of imidazole rings is 1. The van der Waals surface area contributed by atoms with Crippen LogP contribution >= 0.6 is 0 Å². The van der Waals surface area contributed by atoms with Crippen LogP contribution in [0.15, 0.2) is 71.7 Å². The van der Waals surface area contributed by atoms with Crippen LogP contribution in [0.25, 0.3) is 5.65 Å². The number of carbonyl (C=O) groups excluding carboxylic acids is 2. The minimum absolute atomic E-state index is 0.139. The van der Waals surface area contributed by atoms with Crippen LogP contribution in [0.5, 0.6) is 0 Å². The fourth-order valence-corrected chi connectivity index (χ4v) is 4.11. The average molecular weight is 430 g/mol.